The lowest BCUT2D eigenvalue weighted by molar-refractivity contribution is 0.482. The summed E-state index contributed by atoms with van der Waals surface area (Å²) < 4.78 is 14.6. The zero-order chi connectivity index (χ0) is 12.5. The van der Waals surface area contributed by atoms with Gasteiger partial charge in [0.2, 0.25) is 0 Å². The van der Waals surface area contributed by atoms with Crippen LogP contribution in [0.1, 0.15) is 5.69 Å². The average Bonchev–Trinajstić information content (AvgIpc) is 2.98. The van der Waals surface area contributed by atoms with Crippen LogP contribution in [0.5, 0.6) is 0 Å². The molecule has 0 amide bonds. The fraction of sp³-hybridized carbons (Fsp3) is 0.167. The Morgan fingerprint density at radius 1 is 1.17 bits per heavy atom. The van der Waals surface area contributed by atoms with Crippen LogP contribution in [0.4, 0.5) is 4.39 Å². The van der Waals surface area contributed by atoms with Crippen molar-refractivity contribution in [1.82, 2.24) is 14.8 Å². The molecule has 0 atom stereocenters. The lowest BCUT2D eigenvalue weighted by Crippen LogP contribution is -2.36. The topological polar surface area (TPSA) is 59.4 Å². The molecule has 92 valence electrons. The molecule has 1 aliphatic rings. The summed E-state index contributed by atoms with van der Waals surface area (Å²) in [5.41, 5.74) is 1.58. The molecule has 1 aliphatic heterocycles. The highest BCUT2D eigenvalue weighted by atomic mass is 19.1. The molecule has 1 aromatic heterocycles. The SMILES string of the molecule is NN1CCN=C1c1ccnn1-c1ccc(F)cc1. The van der Waals surface area contributed by atoms with E-state index in [-0.39, 0.29) is 5.82 Å². The van der Waals surface area contributed by atoms with E-state index in [1.807, 2.05) is 6.07 Å². The third kappa shape index (κ3) is 1.76. The Kier molecular flexibility index (Phi) is 2.56. The van der Waals surface area contributed by atoms with E-state index in [0.717, 1.165) is 11.4 Å². The first kappa shape index (κ1) is 10.9. The Hall–Kier alpha value is -2.21. The summed E-state index contributed by atoms with van der Waals surface area (Å²) in [7, 11) is 0. The van der Waals surface area contributed by atoms with Crippen molar-refractivity contribution in [3.05, 3.63) is 48.0 Å². The molecule has 0 aliphatic carbocycles. The molecule has 5 nitrogen and oxygen atoms in total. The number of rotatable bonds is 2. The van der Waals surface area contributed by atoms with E-state index in [9.17, 15) is 4.39 Å². The average molecular weight is 245 g/mol. The minimum Gasteiger partial charge on any atom is -0.291 e. The largest absolute Gasteiger partial charge is 0.291 e. The van der Waals surface area contributed by atoms with Gasteiger partial charge in [-0.3, -0.25) is 10.0 Å². The molecule has 3 rings (SSSR count). The number of amidine groups is 1. The summed E-state index contributed by atoms with van der Waals surface area (Å²) in [4.78, 5) is 4.35. The van der Waals surface area contributed by atoms with Gasteiger partial charge in [-0.2, -0.15) is 5.10 Å². The smallest absolute Gasteiger partial charge is 0.164 e. The second-order valence-electron chi connectivity index (χ2n) is 4.00. The first-order valence-corrected chi connectivity index (χ1v) is 5.63. The monoisotopic (exact) mass is 245 g/mol. The molecule has 0 saturated heterocycles. The highest BCUT2D eigenvalue weighted by Gasteiger charge is 2.19. The van der Waals surface area contributed by atoms with Crippen LogP contribution in [-0.4, -0.2) is 33.7 Å². The third-order valence-corrected chi connectivity index (χ3v) is 2.82. The quantitative estimate of drug-likeness (QED) is 0.801. The third-order valence-electron chi connectivity index (χ3n) is 2.82. The van der Waals surface area contributed by atoms with Crippen LogP contribution in [0.3, 0.4) is 0 Å². The molecule has 0 fully saturated rings. The van der Waals surface area contributed by atoms with Crippen molar-refractivity contribution in [2.45, 2.75) is 0 Å². The second kappa shape index (κ2) is 4.23. The summed E-state index contributed by atoms with van der Waals surface area (Å²) >= 11 is 0. The van der Waals surface area contributed by atoms with Crippen LogP contribution in [0.25, 0.3) is 5.69 Å². The lowest BCUT2D eigenvalue weighted by Gasteiger charge is -2.14. The standard InChI is InChI=1S/C12H12FN5/c13-9-1-3-10(4-2-9)18-11(5-6-16-18)12-15-7-8-17(12)14/h1-6H,7-8,14H2. The lowest BCUT2D eigenvalue weighted by atomic mass is 10.3. The van der Waals surface area contributed by atoms with Gasteiger partial charge in [0.1, 0.15) is 11.5 Å². The molecule has 6 heteroatoms. The van der Waals surface area contributed by atoms with Crippen LogP contribution in [0.2, 0.25) is 0 Å². The van der Waals surface area contributed by atoms with E-state index < -0.39 is 0 Å². The molecule has 0 spiro atoms. The number of hydrogen-bond donors (Lipinski definition) is 1. The summed E-state index contributed by atoms with van der Waals surface area (Å²) in [6.45, 7) is 1.38. The van der Waals surface area contributed by atoms with Crippen molar-refractivity contribution in [3.8, 4) is 5.69 Å². The van der Waals surface area contributed by atoms with Gasteiger partial charge in [0.25, 0.3) is 0 Å². The summed E-state index contributed by atoms with van der Waals surface area (Å²) in [5, 5.41) is 5.82. The van der Waals surface area contributed by atoms with Gasteiger partial charge in [-0.1, -0.05) is 0 Å². The number of hydrazine groups is 1. The maximum atomic E-state index is 12.9. The van der Waals surface area contributed by atoms with Crippen molar-refractivity contribution >= 4 is 5.84 Å². The van der Waals surface area contributed by atoms with Crippen LogP contribution >= 0.6 is 0 Å². The highest BCUT2D eigenvalue weighted by Crippen LogP contribution is 2.14. The van der Waals surface area contributed by atoms with Crippen molar-refractivity contribution in [3.63, 3.8) is 0 Å². The first-order chi connectivity index (χ1) is 8.75. The van der Waals surface area contributed by atoms with Gasteiger partial charge in [0, 0.05) is 0 Å². The fourth-order valence-electron chi connectivity index (χ4n) is 1.95. The van der Waals surface area contributed by atoms with Crippen LogP contribution < -0.4 is 5.84 Å². The van der Waals surface area contributed by atoms with E-state index in [1.165, 1.54) is 12.1 Å². The number of aromatic nitrogens is 2. The molecule has 2 aromatic rings. The fourth-order valence-corrected chi connectivity index (χ4v) is 1.95. The zero-order valence-electron chi connectivity index (χ0n) is 9.62. The van der Waals surface area contributed by atoms with Crippen molar-refractivity contribution in [1.29, 1.82) is 0 Å². The van der Waals surface area contributed by atoms with E-state index >= 15 is 0 Å². The number of nitrogens with zero attached hydrogens (tertiary/aromatic N) is 4. The number of aliphatic imine (C=N–C) groups is 1. The molecule has 2 heterocycles. The van der Waals surface area contributed by atoms with Crippen LogP contribution in [0.15, 0.2) is 41.5 Å². The van der Waals surface area contributed by atoms with E-state index in [2.05, 4.69) is 10.1 Å². The number of benzene rings is 1. The highest BCUT2D eigenvalue weighted by molar-refractivity contribution is 5.98. The number of halogens is 1. The molecule has 2 N–H and O–H groups in total. The van der Waals surface area contributed by atoms with Gasteiger partial charge < -0.3 is 0 Å². The van der Waals surface area contributed by atoms with E-state index in [1.54, 1.807) is 28.0 Å². The second-order valence-corrected chi connectivity index (χ2v) is 4.00. The van der Waals surface area contributed by atoms with Crippen LogP contribution in [-0.2, 0) is 0 Å². The van der Waals surface area contributed by atoms with E-state index in [4.69, 9.17) is 5.84 Å². The van der Waals surface area contributed by atoms with Gasteiger partial charge in [-0.15, -0.1) is 0 Å². The van der Waals surface area contributed by atoms with Gasteiger partial charge in [-0.25, -0.2) is 14.9 Å². The molecular formula is C12H12FN5. The van der Waals surface area contributed by atoms with Gasteiger partial charge >= 0.3 is 0 Å². The molecular weight excluding hydrogens is 233 g/mol. The maximum absolute atomic E-state index is 12.9. The number of hydrogen-bond acceptors (Lipinski definition) is 4. The molecule has 0 saturated carbocycles. The minimum absolute atomic E-state index is 0.272. The Labute approximate surface area is 103 Å². The Bertz CT molecular complexity index is 587. The molecule has 0 bridgehead atoms. The Morgan fingerprint density at radius 2 is 1.94 bits per heavy atom. The molecule has 18 heavy (non-hydrogen) atoms. The predicted molar refractivity (Wildman–Crippen MR) is 65.8 cm³/mol. The van der Waals surface area contributed by atoms with Crippen LogP contribution in [0, 0.1) is 5.82 Å². The first-order valence-electron chi connectivity index (χ1n) is 5.63. The minimum atomic E-state index is -0.272. The summed E-state index contributed by atoms with van der Waals surface area (Å²) in [6.07, 6.45) is 1.67. The van der Waals surface area contributed by atoms with Crippen molar-refractivity contribution in [2.24, 2.45) is 10.8 Å². The number of nitrogens with two attached hydrogens (primary N) is 1. The normalized spacial score (nSPS) is 15.0. The van der Waals surface area contributed by atoms with E-state index in [0.29, 0.717) is 18.9 Å². The Balaban J connectivity index is 2.04. The van der Waals surface area contributed by atoms with Gasteiger partial charge in [0.05, 0.1) is 25.0 Å². The summed E-state index contributed by atoms with van der Waals surface area (Å²) in [6, 6.07) is 7.98. The van der Waals surface area contributed by atoms with Gasteiger partial charge in [-0.05, 0) is 30.3 Å². The Morgan fingerprint density at radius 3 is 2.61 bits per heavy atom. The maximum Gasteiger partial charge on any atom is 0.164 e. The molecule has 0 radical (unpaired) electrons. The van der Waals surface area contributed by atoms with Crippen molar-refractivity contribution < 1.29 is 4.39 Å². The summed E-state index contributed by atoms with van der Waals surface area (Å²) in [5.74, 6) is 6.28. The molecule has 0 unspecified atom stereocenters. The zero-order valence-corrected chi connectivity index (χ0v) is 9.62. The van der Waals surface area contributed by atoms with Gasteiger partial charge in [0.15, 0.2) is 5.84 Å². The van der Waals surface area contributed by atoms with Crippen molar-refractivity contribution in [2.75, 3.05) is 13.1 Å². The predicted octanol–water partition coefficient (Wildman–Crippen LogP) is 0.947. The molecule has 1 aromatic carbocycles.